The van der Waals surface area contributed by atoms with Crippen molar-refractivity contribution >= 4 is 12.6 Å². The maximum atomic E-state index is 13.2. The van der Waals surface area contributed by atoms with Gasteiger partial charge in [-0.2, -0.15) is 12.6 Å². The van der Waals surface area contributed by atoms with E-state index in [9.17, 15) is 4.39 Å². The van der Waals surface area contributed by atoms with E-state index in [1.807, 2.05) is 6.92 Å². The second-order valence-electron chi connectivity index (χ2n) is 5.42. The van der Waals surface area contributed by atoms with Crippen molar-refractivity contribution in [3.05, 3.63) is 29.6 Å². The van der Waals surface area contributed by atoms with E-state index in [-0.39, 0.29) is 11.2 Å². The molecule has 1 saturated carbocycles. The molecule has 1 aromatic carbocycles. The second-order valence-corrected chi connectivity index (χ2v) is 5.73. The van der Waals surface area contributed by atoms with Gasteiger partial charge in [0.1, 0.15) is 11.6 Å². The van der Waals surface area contributed by atoms with Crippen LogP contribution in [0.15, 0.2) is 18.2 Å². The van der Waals surface area contributed by atoms with Gasteiger partial charge in [0.2, 0.25) is 0 Å². The van der Waals surface area contributed by atoms with E-state index in [2.05, 4.69) is 12.6 Å². The Hall–Kier alpha value is -0.700. The van der Waals surface area contributed by atoms with Gasteiger partial charge in [-0.25, -0.2) is 4.39 Å². The summed E-state index contributed by atoms with van der Waals surface area (Å²) >= 11 is 4.49. The van der Waals surface area contributed by atoms with Crippen LogP contribution in [0.2, 0.25) is 0 Å². The van der Waals surface area contributed by atoms with Crippen LogP contribution in [0, 0.1) is 18.2 Å². The Morgan fingerprint density at radius 2 is 2.00 bits per heavy atom. The zero-order valence-corrected chi connectivity index (χ0v) is 11.8. The largest absolute Gasteiger partial charge is 0.493 e. The summed E-state index contributed by atoms with van der Waals surface area (Å²) in [5.74, 6) is 1.28. The van der Waals surface area contributed by atoms with Gasteiger partial charge in [-0.15, -0.1) is 0 Å². The maximum Gasteiger partial charge on any atom is 0.126 e. The quantitative estimate of drug-likeness (QED) is 0.797. The third-order valence-corrected chi connectivity index (χ3v) is 4.60. The fourth-order valence-corrected chi connectivity index (χ4v) is 3.02. The Balaban J connectivity index is 2.03. The normalized spacial score (nSPS) is 18.6. The van der Waals surface area contributed by atoms with Crippen molar-refractivity contribution in [2.24, 2.45) is 5.41 Å². The van der Waals surface area contributed by atoms with Crippen LogP contribution in [0.1, 0.15) is 37.7 Å². The monoisotopic (exact) mass is 268 g/mol. The first-order valence-electron chi connectivity index (χ1n) is 6.65. The van der Waals surface area contributed by atoms with Gasteiger partial charge < -0.3 is 4.74 Å². The molecule has 1 aliphatic carbocycles. The summed E-state index contributed by atoms with van der Waals surface area (Å²) in [5.41, 5.74) is 1.17. The lowest BCUT2D eigenvalue weighted by Crippen LogP contribution is -2.33. The fraction of sp³-hybridized carbons (Fsp3) is 0.600. The average molecular weight is 268 g/mol. The van der Waals surface area contributed by atoms with Gasteiger partial charge in [0, 0.05) is 11.5 Å². The van der Waals surface area contributed by atoms with Crippen LogP contribution >= 0.6 is 12.6 Å². The molecular weight excluding hydrogens is 247 g/mol. The number of benzene rings is 1. The summed E-state index contributed by atoms with van der Waals surface area (Å²) in [6, 6.07) is 4.71. The summed E-state index contributed by atoms with van der Waals surface area (Å²) in [6.45, 7) is 2.60. The molecule has 1 aliphatic rings. The third kappa shape index (κ3) is 3.19. The molecule has 0 amide bonds. The summed E-state index contributed by atoms with van der Waals surface area (Å²) in [5, 5.41) is 0. The molecule has 0 bridgehead atoms. The topological polar surface area (TPSA) is 9.23 Å². The molecule has 0 atom stereocenters. The molecule has 0 N–H and O–H groups in total. The van der Waals surface area contributed by atoms with E-state index in [4.69, 9.17) is 4.74 Å². The molecule has 100 valence electrons. The van der Waals surface area contributed by atoms with Gasteiger partial charge in [0.05, 0.1) is 6.61 Å². The molecule has 0 saturated heterocycles. The molecule has 0 unspecified atom stereocenters. The Kier molecular flexibility index (Phi) is 4.55. The van der Waals surface area contributed by atoms with Crippen LogP contribution in [-0.2, 0) is 0 Å². The molecule has 0 spiro atoms. The first-order valence-corrected chi connectivity index (χ1v) is 7.28. The van der Waals surface area contributed by atoms with E-state index in [0.717, 1.165) is 11.3 Å². The molecule has 3 heteroatoms. The Labute approximate surface area is 114 Å². The minimum Gasteiger partial charge on any atom is -0.493 e. The van der Waals surface area contributed by atoms with E-state index < -0.39 is 0 Å². The molecule has 0 radical (unpaired) electrons. The Morgan fingerprint density at radius 3 is 2.67 bits per heavy atom. The molecule has 0 heterocycles. The lowest BCUT2D eigenvalue weighted by Gasteiger charge is -2.35. The number of ether oxygens (including phenoxy) is 1. The maximum absolute atomic E-state index is 13.2. The number of halogens is 1. The highest BCUT2D eigenvalue weighted by atomic mass is 32.1. The van der Waals surface area contributed by atoms with E-state index in [1.54, 1.807) is 6.07 Å². The first-order chi connectivity index (χ1) is 8.65. The number of thiol groups is 1. The van der Waals surface area contributed by atoms with Crippen LogP contribution in [0.5, 0.6) is 5.75 Å². The predicted molar refractivity (Wildman–Crippen MR) is 76.0 cm³/mol. The predicted octanol–water partition coefficient (Wildman–Crippen LogP) is 4.39. The highest BCUT2D eigenvalue weighted by Crippen LogP contribution is 2.38. The van der Waals surface area contributed by atoms with Gasteiger partial charge >= 0.3 is 0 Å². The summed E-state index contributed by atoms with van der Waals surface area (Å²) in [6.07, 6.45) is 6.17. The van der Waals surface area contributed by atoms with E-state index in [0.29, 0.717) is 12.4 Å². The van der Waals surface area contributed by atoms with Crippen molar-refractivity contribution in [2.75, 3.05) is 12.4 Å². The number of hydrogen-bond donors (Lipinski definition) is 1. The van der Waals surface area contributed by atoms with Crippen LogP contribution in [-0.4, -0.2) is 12.4 Å². The van der Waals surface area contributed by atoms with E-state index >= 15 is 0 Å². The van der Waals surface area contributed by atoms with Crippen molar-refractivity contribution in [1.82, 2.24) is 0 Å². The molecular formula is C15H21FOS. The number of aryl methyl sites for hydroxylation is 1. The van der Waals surface area contributed by atoms with Crippen LogP contribution in [0.25, 0.3) is 0 Å². The van der Waals surface area contributed by atoms with Gasteiger partial charge in [-0.1, -0.05) is 25.3 Å². The lowest BCUT2D eigenvalue weighted by atomic mass is 9.76. The van der Waals surface area contributed by atoms with Crippen molar-refractivity contribution in [3.63, 3.8) is 0 Å². The summed E-state index contributed by atoms with van der Waals surface area (Å²) in [4.78, 5) is 0. The SMILES string of the molecule is Cc1ccc(F)cc1OCC1(CS)CCCCC1. The molecule has 0 aromatic heterocycles. The van der Waals surface area contributed by atoms with Crippen molar-refractivity contribution in [1.29, 1.82) is 0 Å². The Morgan fingerprint density at radius 1 is 1.28 bits per heavy atom. The van der Waals surface area contributed by atoms with E-state index in [1.165, 1.54) is 44.2 Å². The van der Waals surface area contributed by atoms with Crippen molar-refractivity contribution in [2.45, 2.75) is 39.0 Å². The number of rotatable bonds is 4. The van der Waals surface area contributed by atoms with Crippen molar-refractivity contribution in [3.8, 4) is 5.75 Å². The standard InChI is InChI=1S/C15H21FOS/c1-12-5-6-13(16)9-14(12)17-10-15(11-18)7-3-2-4-8-15/h5-6,9,18H,2-4,7-8,10-11H2,1H3. The highest BCUT2D eigenvalue weighted by Gasteiger charge is 2.31. The average Bonchev–Trinajstić information content (AvgIpc) is 2.41. The van der Waals surface area contributed by atoms with Crippen molar-refractivity contribution < 1.29 is 9.13 Å². The molecule has 1 fully saturated rings. The van der Waals surface area contributed by atoms with Gasteiger partial charge in [-0.05, 0) is 37.1 Å². The van der Waals surface area contributed by atoms with Gasteiger partial charge in [-0.3, -0.25) is 0 Å². The summed E-state index contributed by atoms with van der Waals surface area (Å²) < 4.78 is 19.1. The number of hydrogen-bond acceptors (Lipinski definition) is 2. The molecule has 1 nitrogen and oxygen atoms in total. The van der Waals surface area contributed by atoms with Crippen LogP contribution < -0.4 is 4.74 Å². The molecule has 2 rings (SSSR count). The van der Waals surface area contributed by atoms with Gasteiger partial charge in [0.25, 0.3) is 0 Å². The molecule has 1 aromatic rings. The molecule has 18 heavy (non-hydrogen) atoms. The van der Waals surface area contributed by atoms with Crippen LogP contribution in [0.4, 0.5) is 4.39 Å². The van der Waals surface area contributed by atoms with Crippen LogP contribution in [0.3, 0.4) is 0 Å². The smallest absolute Gasteiger partial charge is 0.126 e. The zero-order valence-electron chi connectivity index (χ0n) is 10.9. The minimum absolute atomic E-state index is 0.181. The van der Waals surface area contributed by atoms with Gasteiger partial charge in [0.15, 0.2) is 0 Å². The highest BCUT2D eigenvalue weighted by molar-refractivity contribution is 7.80. The lowest BCUT2D eigenvalue weighted by molar-refractivity contribution is 0.120. The molecule has 0 aliphatic heterocycles. The fourth-order valence-electron chi connectivity index (χ4n) is 2.61. The third-order valence-electron chi connectivity index (χ3n) is 3.93. The second kappa shape index (κ2) is 5.96. The zero-order chi connectivity index (χ0) is 13.0. The summed E-state index contributed by atoms with van der Waals surface area (Å²) in [7, 11) is 0. The minimum atomic E-state index is -0.237. The first kappa shape index (κ1) is 13.7. The Bertz CT molecular complexity index is 399.